The lowest BCUT2D eigenvalue weighted by Gasteiger charge is -2.29. The molecule has 1 saturated heterocycles. The number of ether oxygens (including phenoxy) is 3. The Hall–Kier alpha value is -2.32. The van der Waals surface area contributed by atoms with Crippen molar-refractivity contribution in [2.75, 3.05) is 18.9 Å². The minimum absolute atomic E-state index is 0.284. The number of nitrogens with two attached hydrogens (primary N) is 1. The summed E-state index contributed by atoms with van der Waals surface area (Å²) in [6.45, 7) is 0.934. The number of nitrogen functional groups attached to an aromatic ring is 1. The van der Waals surface area contributed by atoms with E-state index in [1.807, 2.05) is 12.1 Å². The summed E-state index contributed by atoms with van der Waals surface area (Å²) in [6, 6.07) is 12.4. The summed E-state index contributed by atoms with van der Waals surface area (Å²) in [6.07, 6.45) is 2.75. The molecule has 0 radical (unpaired) electrons. The summed E-state index contributed by atoms with van der Waals surface area (Å²) >= 11 is 12.5. The van der Waals surface area contributed by atoms with E-state index in [1.165, 1.54) is 6.33 Å². The minimum atomic E-state index is -1.12. The number of benzene rings is 2. The first-order chi connectivity index (χ1) is 13.5. The molecule has 28 heavy (non-hydrogen) atoms. The van der Waals surface area contributed by atoms with Crippen LogP contribution in [0.2, 0.25) is 10.0 Å². The van der Waals surface area contributed by atoms with Crippen LogP contribution in [0.1, 0.15) is 5.56 Å². The lowest BCUT2D eigenvalue weighted by molar-refractivity contribution is -0.190. The van der Waals surface area contributed by atoms with Crippen LogP contribution in [0.5, 0.6) is 5.75 Å². The van der Waals surface area contributed by atoms with Gasteiger partial charge in [0.1, 0.15) is 37.7 Å². The molecule has 1 aliphatic rings. The van der Waals surface area contributed by atoms with E-state index in [2.05, 4.69) is 10.1 Å². The highest BCUT2D eigenvalue weighted by atomic mass is 35.5. The zero-order valence-electron chi connectivity index (χ0n) is 14.8. The van der Waals surface area contributed by atoms with Gasteiger partial charge in [-0.1, -0.05) is 29.3 Å². The van der Waals surface area contributed by atoms with Crippen LogP contribution in [0.3, 0.4) is 0 Å². The van der Waals surface area contributed by atoms with Crippen molar-refractivity contribution in [3.8, 4) is 5.75 Å². The summed E-state index contributed by atoms with van der Waals surface area (Å²) in [5.41, 5.74) is 7.05. The first-order valence-electron chi connectivity index (χ1n) is 8.62. The van der Waals surface area contributed by atoms with Crippen molar-refractivity contribution >= 4 is 28.9 Å². The molecule has 1 aromatic heterocycles. The molecule has 2 atom stereocenters. The van der Waals surface area contributed by atoms with Crippen LogP contribution in [-0.4, -0.2) is 34.1 Å². The van der Waals surface area contributed by atoms with Crippen molar-refractivity contribution in [3.63, 3.8) is 0 Å². The highest BCUT2D eigenvalue weighted by Crippen LogP contribution is 2.40. The van der Waals surface area contributed by atoms with Crippen LogP contribution in [0.25, 0.3) is 0 Å². The van der Waals surface area contributed by atoms with E-state index in [0.29, 0.717) is 40.3 Å². The maximum absolute atomic E-state index is 6.44. The molecule has 2 aromatic carbocycles. The first-order valence-corrected chi connectivity index (χ1v) is 9.38. The van der Waals surface area contributed by atoms with Gasteiger partial charge in [0.15, 0.2) is 0 Å². The van der Waals surface area contributed by atoms with Gasteiger partial charge in [0.2, 0.25) is 5.79 Å². The Labute approximate surface area is 171 Å². The molecular formula is C19H18Cl2N4O3. The first kappa shape index (κ1) is 19.0. The third-order valence-electron chi connectivity index (χ3n) is 4.35. The molecule has 1 fully saturated rings. The van der Waals surface area contributed by atoms with Gasteiger partial charge < -0.3 is 19.9 Å². The van der Waals surface area contributed by atoms with Gasteiger partial charge in [-0.25, -0.2) is 9.67 Å². The number of aromatic nitrogens is 3. The van der Waals surface area contributed by atoms with Gasteiger partial charge in [0.25, 0.3) is 0 Å². The fraction of sp³-hybridized carbons (Fsp3) is 0.263. The Morgan fingerprint density at radius 2 is 2.04 bits per heavy atom. The van der Waals surface area contributed by atoms with Crippen LogP contribution in [-0.2, 0) is 21.8 Å². The van der Waals surface area contributed by atoms with Crippen molar-refractivity contribution in [2.45, 2.75) is 18.4 Å². The van der Waals surface area contributed by atoms with Crippen LogP contribution < -0.4 is 10.5 Å². The Bertz CT molecular complexity index is 937. The van der Waals surface area contributed by atoms with Gasteiger partial charge in [-0.2, -0.15) is 5.10 Å². The summed E-state index contributed by atoms with van der Waals surface area (Å²) in [4.78, 5) is 3.98. The van der Waals surface area contributed by atoms with Crippen LogP contribution in [0.15, 0.2) is 55.1 Å². The van der Waals surface area contributed by atoms with E-state index in [1.54, 1.807) is 41.3 Å². The summed E-state index contributed by atoms with van der Waals surface area (Å²) in [7, 11) is 0. The highest BCUT2D eigenvalue weighted by Gasteiger charge is 2.45. The molecule has 9 heteroatoms. The van der Waals surface area contributed by atoms with Crippen molar-refractivity contribution in [1.29, 1.82) is 0 Å². The number of halogens is 2. The Morgan fingerprint density at radius 3 is 2.75 bits per heavy atom. The Kier molecular flexibility index (Phi) is 5.41. The van der Waals surface area contributed by atoms with E-state index in [-0.39, 0.29) is 12.6 Å². The molecule has 0 saturated carbocycles. The minimum Gasteiger partial charge on any atom is -0.491 e. The molecule has 3 aromatic rings. The third-order valence-corrected chi connectivity index (χ3v) is 4.90. The maximum atomic E-state index is 6.44. The molecule has 0 unspecified atom stereocenters. The molecule has 2 heterocycles. The molecule has 0 amide bonds. The van der Waals surface area contributed by atoms with Crippen LogP contribution >= 0.6 is 23.2 Å². The van der Waals surface area contributed by atoms with E-state index in [9.17, 15) is 0 Å². The molecule has 0 aliphatic carbocycles. The van der Waals surface area contributed by atoms with E-state index in [4.69, 9.17) is 43.1 Å². The molecule has 146 valence electrons. The Balaban J connectivity index is 1.54. The lowest BCUT2D eigenvalue weighted by atomic mass is 10.1. The summed E-state index contributed by atoms with van der Waals surface area (Å²) < 4.78 is 19.8. The van der Waals surface area contributed by atoms with E-state index in [0.717, 1.165) is 0 Å². The zero-order chi connectivity index (χ0) is 19.6. The SMILES string of the molecule is Nc1ccc(OC[C@@H]2CO[C@@](Cn3cncn3)(c3ccc(Cl)cc3Cl)O2)cc1. The fourth-order valence-electron chi connectivity index (χ4n) is 3.04. The van der Waals surface area contributed by atoms with Gasteiger partial charge in [-0.15, -0.1) is 0 Å². The van der Waals surface area contributed by atoms with Crippen molar-refractivity contribution in [2.24, 2.45) is 0 Å². The number of hydrogen-bond donors (Lipinski definition) is 1. The topological polar surface area (TPSA) is 84.4 Å². The predicted octanol–water partition coefficient (Wildman–Crippen LogP) is 3.51. The van der Waals surface area contributed by atoms with Gasteiger partial charge in [0, 0.05) is 16.3 Å². The third kappa shape index (κ3) is 4.07. The fourth-order valence-corrected chi connectivity index (χ4v) is 3.59. The summed E-state index contributed by atoms with van der Waals surface area (Å²) in [5, 5.41) is 5.14. The van der Waals surface area contributed by atoms with E-state index < -0.39 is 5.79 Å². The van der Waals surface area contributed by atoms with Crippen molar-refractivity contribution < 1.29 is 14.2 Å². The van der Waals surface area contributed by atoms with E-state index >= 15 is 0 Å². The molecule has 7 nitrogen and oxygen atoms in total. The summed E-state index contributed by atoms with van der Waals surface area (Å²) in [5.74, 6) is -0.416. The Morgan fingerprint density at radius 1 is 1.21 bits per heavy atom. The average Bonchev–Trinajstić information content (AvgIpc) is 3.32. The van der Waals surface area contributed by atoms with Gasteiger partial charge in [-0.3, -0.25) is 0 Å². The molecule has 2 N–H and O–H groups in total. The average molecular weight is 421 g/mol. The largest absolute Gasteiger partial charge is 0.491 e. The molecule has 4 rings (SSSR count). The normalized spacial score (nSPS) is 21.7. The second-order valence-electron chi connectivity index (χ2n) is 6.40. The predicted molar refractivity (Wildman–Crippen MR) is 105 cm³/mol. The van der Waals surface area contributed by atoms with Crippen LogP contribution in [0, 0.1) is 0 Å². The number of rotatable bonds is 6. The van der Waals surface area contributed by atoms with Crippen molar-refractivity contribution in [3.05, 3.63) is 70.7 Å². The van der Waals surface area contributed by atoms with Gasteiger partial charge in [0.05, 0.1) is 11.6 Å². The molecule has 0 bridgehead atoms. The number of anilines is 1. The lowest BCUT2D eigenvalue weighted by Crippen LogP contribution is -2.35. The second-order valence-corrected chi connectivity index (χ2v) is 7.24. The van der Waals surface area contributed by atoms with Gasteiger partial charge in [-0.05, 0) is 36.4 Å². The molecule has 1 aliphatic heterocycles. The number of hydrogen-bond acceptors (Lipinski definition) is 6. The van der Waals surface area contributed by atoms with Gasteiger partial charge >= 0.3 is 0 Å². The standard InChI is InChI=1S/C19H18Cl2N4O3/c20-13-1-6-17(18(21)7-13)19(10-25-12-23-11-24-25)27-9-16(28-19)8-26-15-4-2-14(22)3-5-15/h1-7,11-12,16H,8-10,22H2/t16-,19-/m1/s1. The quantitative estimate of drug-likeness (QED) is 0.614. The maximum Gasteiger partial charge on any atom is 0.217 e. The monoisotopic (exact) mass is 420 g/mol. The highest BCUT2D eigenvalue weighted by molar-refractivity contribution is 6.35. The number of nitrogens with zero attached hydrogens (tertiary/aromatic N) is 3. The zero-order valence-corrected chi connectivity index (χ0v) is 16.3. The van der Waals surface area contributed by atoms with Crippen molar-refractivity contribution in [1.82, 2.24) is 14.8 Å². The smallest absolute Gasteiger partial charge is 0.217 e. The molecular weight excluding hydrogens is 403 g/mol. The second kappa shape index (κ2) is 7.97. The molecule has 0 spiro atoms. The van der Waals surface area contributed by atoms with Crippen LogP contribution in [0.4, 0.5) is 5.69 Å².